The number of benzene rings is 1. The highest BCUT2D eigenvalue weighted by molar-refractivity contribution is 5.80. The van der Waals surface area contributed by atoms with Gasteiger partial charge < -0.3 is 10.2 Å². The number of anilines is 1. The Morgan fingerprint density at radius 3 is 2.83 bits per heavy atom. The Morgan fingerprint density at radius 1 is 1.38 bits per heavy atom. The zero-order valence-corrected chi connectivity index (χ0v) is 14.4. The molecule has 1 N–H and O–H groups in total. The van der Waals surface area contributed by atoms with Gasteiger partial charge in [-0.25, -0.2) is 9.67 Å². The standard InChI is InChI=1S/C18H25N5O/c1-3-15-5-4-6-17(11-15)22-9-7-16(8-10-22)21-18(24)14(2)23-13-19-12-20-23/h4-6,11-14,16H,3,7-10H2,1-2H3,(H,21,24). The minimum absolute atomic E-state index is 0.00642. The number of hydrogen-bond donors (Lipinski definition) is 1. The van der Waals surface area contributed by atoms with Gasteiger partial charge in [0.2, 0.25) is 5.91 Å². The number of piperidine rings is 1. The van der Waals surface area contributed by atoms with Gasteiger partial charge in [0.1, 0.15) is 18.7 Å². The van der Waals surface area contributed by atoms with E-state index in [4.69, 9.17) is 0 Å². The number of carbonyl (C=O) groups is 1. The summed E-state index contributed by atoms with van der Waals surface area (Å²) in [5.74, 6) is 0.00642. The van der Waals surface area contributed by atoms with Gasteiger partial charge in [0.05, 0.1) is 0 Å². The van der Waals surface area contributed by atoms with Crippen molar-refractivity contribution < 1.29 is 4.79 Å². The molecule has 1 saturated heterocycles. The first-order chi connectivity index (χ1) is 11.7. The van der Waals surface area contributed by atoms with Crippen LogP contribution in [0.3, 0.4) is 0 Å². The van der Waals surface area contributed by atoms with Crippen molar-refractivity contribution in [1.82, 2.24) is 20.1 Å². The van der Waals surface area contributed by atoms with Crippen LogP contribution >= 0.6 is 0 Å². The molecule has 0 bridgehead atoms. The quantitative estimate of drug-likeness (QED) is 0.914. The molecule has 6 heteroatoms. The van der Waals surface area contributed by atoms with E-state index in [2.05, 4.69) is 51.5 Å². The molecule has 1 aromatic heterocycles. The van der Waals surface area contributed by atoms with E-state index in [1.165, 1.54) is 17.6 Å². The summed E-state index contributed by atoms with van der Waals surface area (Å²) in [6, 6.07) is 8.64. The van der Waals surface area contributed by atoms with Gasteiger partial charge >= 0.3 is 0 Å². The molecule has 1 aromatic carbocycles. The van der Waals surface area contributed by atoms with Gasteiger partial charge in [-0.05, 0) is 43.9 Å². The van der Waals surface area contributed by atoms with Gasteiger partial charge in [0, 0.05) is 24.8 Å². The lowest BCUT2D eigenvalue weighted by molar-refractivity contribution is -0.125. The van der Waals surface area contributed by atoms with Gasteiger partial charge in [0.25, 0.3) is 0 Å². The third-order valence-electron chi connectivity index (χ3n) is 4.74. The number of rotatable bonds is 5. The Morgan fingerprint density at radius 2 is 2.17 bits per heavy atom. The van der Waals surface area contributed by atoms with Crippen molar-refractivity contribution in [2.24, 2.45) is 0 Å². The molecule has 24 heavy (non-hydrogen) atoms. The van der Waals surface area contributed by atoms with E-state index in [0.717, 1.165) is 32.4 Å². The van der Waals surface area contributed by atoms with Crippen LogP contribution in [0.5, 0.6) is 0 Å². The lowest BCUT2D eigenvalue weighted by Gasteiger charge is -2.34. The third-order valence-corrected chi connectivity index (χ3v) is 4.74. The van der Waals surface area contributed by atoms with Crippen LogP contribution in [0.15, 0.2) is 36.9 Å². The molecule has 1 unspecified atom stereocenters. The molecule has 1 amide bonds. The number of aryl methyl sites for hydroxylation is 1. The molecular weight excluding hydrogens is 302 g/mol. The normalized spacial score (nSPS) is 16.8. The van der Waals surface area contributed by atoms with Gasteiger partial charge in [-0.15, -0.1) is 0 Å². The summed E-state index contributed by atoms with van der Waals surface area (Å²) in [4.78, 5) is 18.6. The van der Waals surface area contributed by atoms with Crippen LogP contribution in [-0.2, 0) is 11.2 Å². The number of carbonyl (C=O) groups excluding carboxylic acids is 1. The van der Waals surface area contributed by atoms with Gasteiger partial charge in [-0.1, -0.05) is 19.1 Å². The summed E-state index contributed by atoms with van der Waals surface area (Å²) in [7, 11) is 0. The maximum Gasteiger partial charge on any atom is 0.244 e. The lowest BCUT2D eigenvalue weighted by Crippen LogP contribution is -2.46. The van der Waals surface area contributed by atoms with E-state index in [-0.39, 0.29) is 18.0 Å². The van der Waals surface area contributed by atoms with Gasteiger partial charge in [-0.3, -0.25) is 4.79 Å². The van der Waals surface area contributed by atoms with Crippen LogP contribution in [0.25, 0.3) is 0 Å². The zero-order chi connectivity index (χ0) is 16.9. The minimum Gasteiger partial charge on any atom is -0.371 e. The molecule has 2 aromatic rings. The van der Waals surface area contributed by atoms with Crippen molar-refractivity contribution in [2.75, 3.05) is 18.0 Å². The molecule has 0 aliphatic carbocycles. The highest BCUT2D eigenvalue weighted by atomic mass is 16.2. The summed E-state index contributed by atoms with van der Waals surface area (Å²) < 4.78 is 1.58. The van der Waals surface area contributed by atoms with Crippen molar-refractivity contribution in [2.45, 2.75) is 45.2 Å². The molecule has 128 valence electrons. The molecule has 3 rings (SSSR count). The van der Waals surface area contributed by atoms with Crippen LogP contribution in [-0.4, -0.2) is 39.8 Å². The predicted molar refractivity (Wildman–Crippen MR) is 93.9 cm³/mol. The van der Waals surface area contributed by atoms with Gasteiger partial charge in [0.15, 0.2) is 0 Å². The van der Waals surface area contributed by atoms with E-state index in [0.29, 0.717) is 0 Å². The first kappa shape index (κ1) is 16.5. The second-order valence-corrected chi connectivity index (χ2v) is 6.34. The Balaban J connectivity index is 1.52. The second kappa shape index (κ2) is 7.47. The van der Waals surface area contributed by atoms with Crippen LogP contribution in [0.4, 0.5) is 5.69 Å². The van der Waals surface area contributed by atoms with E-state index >= 15 is 0 Å². The Labute approximate surface area is 142 Å². The average molecular weight is 327 g/mol. The molecule has 1 atom stereocenters. The average Bonchev–Trinajstić information content (AvgIpc) is 3.16. The topological polar surface area (TPSA) is 63.1 Å². The van der Waals surface area contributed by atoms with E-state index in [9.17, 15) is 4.79 Å². The number of hydrogen-bond acceptors (Lipinski definition) is 4. The maximum absolute atomic E-state index is 12.3. The van der Waals surface area contributed by atoms with Crippen LogP contribution in [0.2, 0.25) is 0 Å². The molecule has 1 aliphatic rings. The summed E-state index contributed by atoms with van der Waals surface area (Å²) in [6.07, 6.45) is 6.01. The van der Waals surface area contributed by atoms with Crippen LogP contribution in [0.1, 0.15) is 38.3 Å². The summed E-state index contributed by atoms with van der Waals surface area (Å²) >= 11 is 0. The zero-order valence-electron chi connectivity index (χ0n) is 14.4. The third kappa shape index (κ3) is 3.75. The number of amides is 1. The number of nitrogens with zero attached hydrogens (tertiary/aromatic N) is 4. The molecular formula is C18H25N5O. The molecule has 0 saturated carbocycles. The van der Waals surface area contributed by atoms with Crippen molar-refractivity contribution in [1.29, 1.82) is 0 Å². The summed E-state index contributed by atoms with van der Waals surface area (Å²) in [5, 5.41) is 7.18. The van der Waals surface area contributed by atoms with Crippen molar-refractivity contribution in [3.05, 3.63) is 42.5 Å². The lowest BCUT2D eigenvalue weighted by atomic mass is 10.0. The predicted octanol–water partition coefficient (Wildman–Crippen LogP) is 2.19. The Kier molecular flexibility index (Phi) is 5.13. The second-order valence-electron chi connectivity index (χ2n) is 6.34. The smallest absolute Gasteiger partial charge is 0.244 e. The molecule has 2 heterocycles. The molecule has 1 aliphatic heterocycles. The van der Waals surface area contributed by atoms with E-state index in [1.807, 2.05) is 6.92 Å². The van der Waals surface area contributed by atoms with Crippen molar-refractivity contribution in [3.63, 3.8) is 0 Å². The molecule has 1 fully saturated rings. The monoisotopic (exact) mass is 327 g/mol. The molecule has 0 spiro atoms. The first-order valence-electron chi connectivity index (χ1n) is 8.65. The largest absolute Gasteiger partial charge is 0.371 e. The van der Waals surface area contributed by atoms with Crippen LogP contribution < -0.4 is 10.2 Å². The Hall–Kier alpha value is -2.37. The summed E-state index contributed by atoms with van der Waals surface area (Å²) in [5.41, 5.74) is 2.65. The van der Waals surface area contributed by atoms with E-state index in [1.54, 1.807) is 11.0 Å². The number of nitrogens with one attached hydrogen (secondary N) is 1. The van der Waals surface area contributed by atoms with Gasteiger partial charge in [-0.2, -0.15) is 5.10 Å². The first-order valence-corrected chi connectivity index (χ1v) is 8.65. The fourth-order valence-corrected chi connectivity index (χ4v) is 3.11. The molecule has 6 nitrogen and oxygen atoms in total. The Bertz CT molecular complexity index is 662. The van der Waals surface area contributed by atoms with E-state index < -0.39 is 0 Å². The molecule has 0 radical (unpaired) electrons. The maximum atomic E-state index is 12.3. The number of aromatic nitrogens is 3. The fraction of sp³-hybridized carbons (Fsp3) is 0.500. The van der Waals surface area contributed by atoms with Crippen LogP contribution in [0, 0.1) is 0 Å². The highest BCUT2D eigenvalue weighted by Crippen LogP contribution is 2.21. The SMILES string of the molecule is CCc1cccc(N2CCC(NC(=O)C(C)n3cncn3)CC2)c1. The van der Waals surface area contributed by atoms with Crippen molar-refractivity contribution in [3.8, 4) is 0 Å². The fourth-order valence-electron chi connectivity index (χ4n) is 3.11. The van der Waals surface area contributed by atoms with Crippen molar-refractivity contribution >= 4 is 11.6 Å². The highest BCUT2D eigenvalue weighted by Gasteiger charge is 2.23. The summed E-state index contributed by atoms with van der Waals surface area (Å²) in [6.45, 7) is 5.96. The minimum atomic E-state index is -0.327.